The molecule has 0 aliphatic carbocycles. The summed E-state index contributed by atoms with van der Waals surface area (Å²) >= 11 is 0. The lowest BCUT2D eigenvalue weighted by Crippen LogP contribution is -2.62. The van der Waals surface area contributed by atoms with E-state index in [1.54, 1.807) is 6.92 Å². The van der Waals surface area contributed by atoms with E-state index in [9.17, 15) is 9.59 Å². The molecule has 2 amide bonds. The van der Waals surface area contributed by atoms with E-state index in [0.717, 1.165) is 6.42 Å². The maximum absolute atomic E-state index is 11.8. The molecule has 1 fully saturated rings. The van der Waals surface area contributed by atoms with Gasteiger partial charge in [0, 0.05) is 13.1 Å². The van der Waals surface area contributed by atoms with Gasteiger partial charge in [-0.3, -0.25) is 19.5 Å². The van der Waals surface area contributed by atoms with Crippen LogP contribution in [0.4, 0.5) is 0 Å². The number of hydrogen-bond donors (Lipinski definition) is 3. The number of nitrogens with one attached hydrogen (secondary N) is 1. The van der Waals surface area contributed by atoms with E-state index >= 15 is 0 Å². The molecule has 0 spiro atoms. The van der Waals surface area contributed by atoms with Gasteiger partial charge in [0.05, 0.1) is 11.9 Å². The van der Waals surface area contributed by atoms with Crippen LogP contribution in [0.5, 0.6) is 0 Å². The molecule has 2 atom stereocenters. The lowest BCUT2D eigenvalue weighted by Gasteiger charge is -2.35. The Kier molecular flexibility index (Phi) is 5.08. The van der Waals surface area contributed by atoms with E-state index in [1.165, 1.54) is 0 Å². The first-order chi connectivity index (χ1) is 8.41. The quantitative estimate of drug-likeness (QED) is 0.313. The summed E-state index contributed by atoms with van der Waals surface area (Å²) < 4.78 is 0. The van der Waals surface area contributed by atoms with Gasteiger partial charge in [0.25, 0.3) is 0 Å². The first-order valence-electron chi connectivity index (χ1n) is 5.98. The van der Waals surface area contributed by atoms with Gasteiger partial charge in [0.2, 0.25) is 11.8 Å². The fourth-order valence-corrected chi connectivity index (χ4v) is 1.98. The number of likely N-dealkylation sites (N-methyl/N-ethyl adjacent to an activating group) is 1. The lowest BCUT2D eigenvalue weighted by atomic mass is 10.0. The molecule has 7 heteroatoms. The monoisotopic (exact) mass is 255 g/mol. The number of nitrogens with zero attached hydrogens (tertiary/aromatic N) is 2. The summed E-state index contributed by atoms with van der Waals surface area (Å²) in [6.45, 7) is 2.79. The fraction of sp³-hybridized carbons (Fsp3) is 0.727. The Labute approximate surface area is 107 Å². The van der Waals surface area contributed by atoms with Crippen molar-refractivity contribution in [1.29, 1.82) is 0 Å². The number of nitrogens with two attached hydrogens (primary N) is 2. The minimum atomic E-state index is -0.594. The minimum absolute atomic E-state index is 0.152. The van der Waals surface area contributed by atoms with Gasteiger partial charge in [-0.1, -0.05) is 0 Å². The number of carbonyl (C=O) groups is 2. The van der Waals surface area contributed by atoms with Gasteiger partial charge in [-0.2, -0.15) is 0 Å². The van der Waals surface area contributed by atoms with Crippen LogP contribution >= 0.6 is 0 Å². The van der Waals surface area contributed by atoms with E-state index in [2.05, 4.69) is 10.3 Å². The fourth-order valence-electron chi connectivity index (χ4n) is 1.98. The number of primary amides is 1. The van der Waals surface area contributed by atoms with Crippen molar-refractivity contribution < 1.29 is 9.59 Å². The molecule has 1 aliphatic rings. The summed E-state index contributed by atoms with van der Waals surface area (Å²) in [5.41, 5.74) is 10.6. The SMILES string of the molecule is CC(N)=NCCC[C@H]1C(=O)N[C@@H](C(N)=O)CN1C. The molecule has 1 heterocycles. The molecule has 7 nitrogen and oxygen atoms in total. The average Bonchev–Trinajstić information content (AvgIpc) is 2.26. The summed E-state index contributed by atoms with van der Waals surface area (Å²) in [7, 11) is 1.82. The molecule has 1 rings (SSSR count). The topological polar surface area (TPSA) is 114 Å². The Bertz CT molecular complexity index is 351. The normalized spacial score (nSPS) is 25.9. The summed E-state index contributed by atoms with van der Waals surface area (Å²) in [5.74, 6) is -0.108. The van der Waals surface area contributed by atoms with Crippen LogP contribution in [0.1, 0.15) is 19.8 Å². The van der Waals surface area contributed by atoms with Crippen molar-refractivity contribution in [3.8, 4) is 0 Å². The second-order valence-corrected chi connectivity index (χ2v) is 4.58. The number of amides is 2. The van der Waals surface area contributed by atoms with Crippen molar-refractivity contribution in [3.05, 3.63) is 0 Å². The molecule has 0 aromatic carbocycles. The van der Waals surface area contributed by atoms with E-state index in [0.29, 0.717) is 25.3 Å². The zero-order valence-electron chi connectivity index (χ0n) is 10.8. The smallest absolute Gasteiger partial charge is 0.241 e. The van der Waals surface area contributed by atoms with Gasteiger partial charge in [0.1, 0.15) is 6.04 Å². The highest BCUT2D eigenvalue weighted by atomic mass is 16.2. The second-order valence-electron chi connectivity index (χ2n) is 4.58. The molecule has 0 radical (unpaired) electrons. The number of rotatable bonds is 5. The van der Waals surface area contributed by atoms with E-state index in [1.807, 2.05) is 11.9 Å². The van der Waals surface area contributed by atoms with Crippen LogP contribution in [0, 0.1) is 0 Å². The van der Waals surface area contributed by atoms with Crippen LogP contribution in [0.15, 0.2) is 4.99 Å². The highest BCUT2D eigenvalue weighted by Crippen LogP contribution is 2.11. The molecule has 18 heavy (non-hydrogen) atoms. The van der Waals surface area contributed by atoms with Crippen molar-refractivity contribution in [3.63, 3.8) is 0 Å². The number of piperazine rings is 1. The van der Waals surface area contributed by atoms with Gasteiger partial charge in [-0.25, -0.2) is 0 Å². The molecule has 0 bridgehead atoms. The second kappa shape index (κ2) is 6.34. The third-order valence-electron chi connectivity index (χ3n) is 2.96. The third-order valence-corrected chi connectivity index (χ3v) is 2.96. The van der Waals surface area contributed by atoms with Crippen LogP contribution in [-0.2, 0) is 9.59 Å². The predicted molar refractivity (Wildman–Crippen MR) is 68.9 cm³/mol. The van der Waals surface area contributed by atoms with Gasteiger partial charge in [0.15, 0.2) is 0 Å². The largest absolute Gasteiger partial charge is 0.388 e. The van der Waals surface area contributed by atoms with Crippen LogP contribution in [0.25, 0.3) is 0 Å². The van der Waals surface area contributed by atoms with Gasteiger partial charge < -0.3 is 16.8 Å². The summed E-state index contributed by atoms with van der Waals surface area (Å²) in [4.78, 5) is 28.8. The predicted octanol–water partition coefficient (Wildman–Crippen LogP) is -1.57. The summed E-state index contributed by atoms with van der Waals surface area (Å²) in [6.07, 6.45) is 1.46. The van der Waals surface area contributed by atoms with Crippen molar-refractivity contribution in [2.45, 2.75) is 31.8 Å². The van der Waals surface area contributed by atoms with Crippen LogP contribution in [-0.4, -0.2) is 54.8 Å². The molecule has 0 aromatic heterocycles. The van der Waals surface area contributed by atoms with Crippen molar-refractivity contribution in [2.75, 3.05) is 20.1 Å². The van der Waals surface area contributed by atoms with E-state index < -0.39 is 11.9 Å². The maximum atomic E-state index is 11.8. The zero-order valence-corrected chi connectivity index (χ0v) is 10.8. The molecule has 0 saturated carbocycles. The highest BCUT2D eigenvalue weighted by molar-refractivity contribution is 5.90. The third kappa shape index (κ3) is 3.99. The summed E-state index contributed by atoms with van der Waals surface area (Å²) in [5, 5.41) is 2.63. The molecular formula is C11H21N5O2. The molecule has 1 saturated heterocycles. The maximum Gasteiger partial charge on any atom is 0.241 e. The lowest BCUT2D eigenvalue weighted by molar-refractivity contribution is -0.135. The van der Waals surface area contributed by atoms with Gasteiger partial charge in [-0.15, -0.1) is 0 Å². The zero-order chi connectivity index (χ0) is 13.7. The molecule has 102 valence electrons. The van der Waals surface area contributed by atoms with Crippen molar-refractivity contribution >= 4 is 17.6 Å². The first kappa shape index (κ1) is 14.4. The Balaban J connectivity index is 2.45. The Morgan fingerprint density at radius 2 is 2.22 bits per heavy atom. The van der Waals surface area contributed by atoms with E-state index in [-0.39, 0.29) is 11.9 Å². The minimum Gasteiger partial charge on any atom is -0.388 e. The number of aliphatic imine (C=N–C) groups is 1. The number of carbonyl (C=O) groups excluding carboxylic acids is 2. The van der Waals surface area contributed by atoms with Crippen LogP contribution in [0.2, 0.25) is 0 Å². The Morgan fingerprint density at radius 3 is 2.72 bits per heavy atom. The Morgan fingerprint density at radius 1 is 1.56 bits per heavy atom. The molecule has 0 unspecified atom stereocenters. The van der Waals surface area contributed by atoms with Crippen LogP contribution in [0.3, 0.4) is 0 Å². The number of hydrogen-bond acceptors (Lipinski definition) is 4. The molecule has 5 N–H and O–H groups in total. The number of amidine groups is 1. The Hall–Kier alpha value is -1.63. The average molecular weight is 255 g/mol. The van der Waals surface area contributed by atoms with Crippen molar-refractivity contribution in [1.82, 2.24) is 10.2 Å². The van der Waals surface area contributed by atoms with Crippen LogP contribution < -0.4 is 16.8 Å². The standard InChI is InChI=1S/C11H21N5O2/c1-7(12)14-5-3-4-9-11(18)15-8(10(13)17)6-16(9)2/h8-9H,3-6H2,1-2H3,(H2,12,14)(H2,13,17)(H,15,18)/t8-,9+/m1/s1. The molecular weight excluding hydrogens is 234 g/mol. The highest BCUT2D eigenvalue weighted by Gasteiger charge is 2.33. The first-order valence-corrected chi connectivity index (χ1v) is 5.98. The van der Waals surface area contributed by atoms with Crippen molar-refractivity contribution in [2.24, 2.45) is 16.5 Å². The van der Waals surface area contributed by atoms with E-state index in [4.69, 9.17) is 11.5 Å². The van der Waals surface area contributed by atoms with Gasteiger partial charge >= 0.3 is 0 Å². The summed E-state index contributed by atoms with van der Waals surface area (Å²) in [6, 6.07) is -0.822. The molecule has 1 aliphatic heterocycles. The van der Waals surface area contributed by atoms with Gasteiger partial charge in [-0.05, 0) is 26.8 Å². The molecule has 0 aromatic rings.